The minimum Gasteiger partial charge on any atom is -0.384 e. The van der Waals surface area contributed by atoms with Crippen molar-refractivity contribution in [2.45, 2.75) is 19.3 Å². The van der Waals surface area contributed by atoms with Crippen LogP contribution in [0.2, 0.25) is 0 Å². The number of nitriles is 1. The van der Waals surface area contributed by atoms with Crippen LogP contribution in [0, 0.1) is 11.3 Å². The molecule has 0 aliphatic rings. The van der Waals surface area contributed by atoms with E-state index < -0.39 is 5.41 Å². The van der Waals surface area contributed by atoms with E-state index in [-0.39, 0.29) is 0 Å². The molecule has 0 aromatic carbocycles. The summed E-state index contributed by atoms with van der Waals surface area (Å²) in [5, 5.41) is 8.81. The number of nitrogen functional groups attached to an aromatic ring is 1. The van der Waals surface area contributed by atoms with Gasteiger partial charge in [0.1, 0.15) is 5.82 Å². The third kappa shape index (κ3) is 1.54. The molecule has 1 rings (SSSR count). The van der Waals surface area contributed by atoms with E-state index in [4.69, 9.17) is 11.0 Å². The fourth-order valence-electron chi connectivity index (χ4n) is 0.857. The van der Waals surface area contributed by atoms with Crippen molar-refractivity contribution in [2.24, 2.45) is 0 Å². The van der Waals surface area contributed by atoms with Crippen LogP contribution < -0.4 is 5.73 Å². The van der Waals surface area contributed by atoms with Gasteiger partial charge in [0.05, 0.1) is 17.2 Å². The number of pyridine rings is 1. The van der Waals surface area contributed by atoms with Gasteiger partial charge in [-0.1, -0.05) is 6.07 Å². The van der Waals surface area contributed by atoms with E-state index in [2.05, 4.69) is 11.1 Å². The maximum absolute atomic E-state index is 8.81. The highest BCUT2D eigenvalue weighted by atomic mass is 14.8. The number of hydrogen-bond donors (Lipinski definition) is 1. The summed E-state index contributed by atoms with van der Waals surface area (Å²) in [5.74, 6) is 0.454. The van der Waals surface area contributed by atoms with E-state index in [9.17, 15) is 0 Å². The Morgan fingerprint density at radius 1 is 1.50 bits per heavy atom. The average Bonchev–Trinajstić information content (AvgIpc) is 2.05. The van der Waals surface area contributed by atoms with Gasteiger partial charge in [0.15, 0.2) is 0 Å². The fraction of sp³-hybridized carbons (Fsp3) is 0.333. The molecule has 0 saturated carbocycles. The quantitative estimate of drug-likeness (QED) is 0.678. The summed E-state index contributed by atoms with van der Waals surface area (Å²) in [5.41, 5.74) is 5.64. The second-order valence-corrected chi connectivity index (χ2v) is 3.18. The zero-order chi connectivity index (χ0) is 9.19. The molecule has 3 heteroatoms. The van der Waals surface area contributed by atoms with Crippen molar-refractivity contribution in [3.8, 4) is 6.07 Å². The van der Waals surface area contributed by atoms with Gasteiger partial charge >= 0.3 is 0 Å². The molecule has 0 unspecified atom stereocenters. The number of aromatic nitrogens is 1. The van der Waals surface area contributed by atoms with Crippen LogP contribution in [-0.4, -0.2) is 4.98 Å². The summed E-state index contributed by atoms with van der Waals surface area (Å²) in [7, 11) is 0. The minimum absolute atomic E-state index is 0.454. The van der Waals surface area contributed by atoms with Gasteiger partial charge in [-0.25, -0.2) is 4.98 Å². The average molecular weight is 161 g/mol. The van der Waals surface area contributed by atoms with Crippen molar-refractivity contribution < 1.29 is 0 Å². The summed E-state index contributed by atoms with van der Waals surface area (Å²) < 4.78 is 0. The molecule has 3 nitrogen and oxygen atoms in total. The number of rotatable bonds is 1. The summed E-state index contributed by atoms with van der Waals surface area (Å²) in [6, 6.07) is 7.48. The lowest BCUT2D eigenvalue weighted by atomic mass is 9.91. The summed E-state index contributed by atoms with van der Waals surface area (Å²) >= 11 is 0. The van der Waals surface area contributed by atoms with E-state index in [1.165, 1.54) is 0 Å². The molecule has 0 bridgehead atoms. The van der Waals surface area contributed by atoms with Crippen LogP contribution in [0.3, 0.4) is 0 Å². The molecule has 1 aromatic heterocycles. The molecule has 0 amide bonds. The monoisotopic (exact) mass is 161 g/mol. The Morgan fingerprint density at radius 3 is 2.67 bits per heavy atom. The lowest BCUT2D eigenvalue weighted by Crippen LogP contribution is -2.16. The van der Waals surface area contributed by atoms with Crippen molar-refractivity contribution in [1.29, 1.82) is 5.26 Å². The van der Waals surface area contributed by atoms with E-state index in [1.807, 2.05) is 13.8 Å². The van der Waals surface area contributed by atoms with Gasteiger partial charge in [-0.2, -0.15) is 5.26 Å². The van der Waals surface area contributed by atoms with E-state index >= 15 is 0 Å². The van der Waals surface area contributed by atoms with Gasteiger partial charge in [-0.3, -0.25) is 0 Å². The first-order valence-electron chi connectivity index (χ1n) is 3.70. The molecule has 62 valence electrons. The van der Waals surface area contributed by atoms with E-state index in [1.54, 1.807) is 18.2 Å². The lowest BCUT2D eigenvalue weighted by molar-refractivity contribution is 0.661. The molecule has 1 heterocycles. The summed E-state index contributed by atoms with van der Waals surface area (Å²) in [4.78, 5) is 4.07. The number of nitrogens with two attached hydrogens (primary N) is 1. The Bertz CT molecular complexity index is 323. The Hall–Kier alpha value is -1.56. The molecule has 2 N–H and O–H groups in total. The predicted molar refractivity (Wildman–Crippen MR) is 47.3 cm³/mol. The van der Waals surface area contributed by atoms with Crippen LogP contribution in [0.4, 0.5) is 5.82 Å². The molecule has 0 radical (unpaired) electrons. The highest BCUT2D eigenvalue weighted by molar-refractivity contribution is 5.33. The normalized spacial score (nSPS) is 10.8. The highest BCUT2D eigenvalue weighted by Crippen LogP contribution is 2.20. The number of nitrogens with zero attached hydrogens (tertiary/aromatic N) is 2. The van der Waals surface area contributed by atoms with Gasteiger partial charge in [0, 0.05) is 0 Å². The van der Waals surface area contributed by atoms with Crippen LogP contribution in [0.25, 0.3) is 0 Å². The second kappa shape index (κ2) is 2.82. The first kappa shape index (κ1) is 8.54. The third-order valence-electron chi connectivity index (χ3n) is 1.69. The smallest absolute Gasteiger partial charge is 0.123 e. The molecular weight excluding hydrogens is 150 g/mol. The van der Waals surface area contributed by atoms with Gasteiger partial charge in [-0.05, 0) is 26.0 Å². The topological polar surface area (TPSA) is 62.7 Å². The van der Waals surface area contributed by atoms with E-state index in [0.717, 1.165) is 0 Å². The molecule has 12 heavy (non-hydrogen) atoms. The first-order chi connectivity index (χ1) is 5.56. The van der Waals surface area contributed by atoms with Gasteiger partial charge in [0.25, 0.3) is 0 Å². The number of anilines is 1. The van der Waals surface area contributed by atoms with Crippen LogP contribution in [0.1, 0.15) is 19.5 Å². The minimum atomic E-state index is -0.560. The molecule has 0 fully saturated rings. The van der Waals surface area contributed by atoms with Crippen molar-refractivity contribution >= 4 is 5.82 Å². The molecule has 0 atom stereocenters. The van der Waals surface area contributed by atoms with Crippen LogP contribution in [-0.2, 0) is 5.41 Å². The van der Waals surface area contributed by atoms with Crippen LogP contribution >= 0.6 is 0 Å². The van der Waals surface area contributed by atoms with Crippen molar-refractivity contribution in [1.82, 2.24) is 4.98 Å². The molecule has 0 spiro atoms. The standard InChI is InChI=1S/C9H11N3/c1-9(2,6-10)7-4-3-5-8(11)12-7/h3-5H,1-2H3,(H2,11,12). The Labute approximate surface area is 71.8 Å². The van der Waals surface area contributed by atoms with Crippen molar-refractivity contribution in [2.75, 3.05) is 5.73 Å². The molecule has 0 aliphatic heterocycles. The highest BCUT2D eigenvalue weighted by Gasteiger charge is 2.20. The van der Waals surface area contributed by atoms with Gasteiger partial charge < -0.3 is 5.73 Å². The van der Waals surface area contributed by atoms with Gasteiger partial charge in [0.2, 0.25) is 0 Å². The third-order valence-corrected chi connectivity index (χ3v) is 1.69. The Morgan fingerprint density at radius 2 is 2.17 bits per heavy atom. The predicted octanol–water partition coefficient (Wildman–Crippen LogP) is 1.46. The molecule has 0 aliphatic carbocycles. The maximum atomic E-state index is 8.81. The first-order valence-corrected chi connectivity index (χ1v) is 3.70. The molecule has 1 aromatic rings. The lowest BCUT2D eigenvalue weighted by Gasteiger charge is -2.13. The Balaban J connectivity index is 3.14. The summed E-state index contributed by atoms with van der Waals surface area (Å²) in [6.07, 6.45) is 0. The zero-order valence-corrected chi connectivity index (χ0v) is 7.20. The van der Waals surface area contributed by atoms with Crippen LogP contribution in [0.15, 0.2) is 18.2 Å². The largest absolute Gasteiger partial charge is 0.384 e. The fourth-order valence-corrected chi connectivity index (χ4v) is 0.857. The van der Waals surface area contributed by atoms with Crippen LogP contribution in [0.5, 0.6) is 0 Å². The maximum Gasteiger partial charge on any atom is 0.123 e. The molecular formula is C9H11N3. The number of hydrogen-bond acceptors (Lipinski definition) is 3. The van der Waals surface area contributed by atoms with Gasteiger partial charge in [-0.15, -0.1) is 0 Å². The van der Waals surface area contributed by atoms with Crippen molar-refractivity contribution in [3.63, 3.8) is 0 Å². The van der Waals surface area contributed by atoms with Crippen molar-refractivity contribution in [3.05, 3.63) is 23.9 Å². The van der Waals surface area contributed by atoms with E-state index in [0.29, 0.717) is 11.5 Å². The second-order valence-electron chi connectivity index (χ2n) is 3.18. The molecule has 0 saturated heterocycles. The summed E-state index contributed by atoms with van der Waals surface area (Å²) in [6.45, 7) is 3.63. The Kier molecular flexibility index (Phi) is 2.01. The zero-order valence-electron chi connectivity index (χ0n) is 7.20. The SMILES string of the molecule is CC(C)(C#N)c1cccc(N)n1.